The highest BCUT2D eigenvalue weighted by Crippen LogP contribution is 2.26. The molecule has 0 aromatic rings. The summed E-state index contributed by atoms with van der Waals surface area (Å²) >= 11 is 0. The van der Waals surface area contributed by atoms with Crippen LogP contribution in [0.25, 0.3) is 0 Å². The lowest BCUT2D eigenvalue weighted by Crippen LogP contribution is -2.63. The number of aliphatic hydroxyl groups is 1. The van der Waals surface area contributed by atoms with Crippen LogP contribution in [0.3, 0.4) is 0 Å². The van der Waals surface area contributed by atoms with Crippen LogP contribution < -0.4 is 26.6 Å². The summed E-state index contributed by atoms with van der Waals surface area (Å²) in [5.41, 5.74) is 0. The van der Waals surface area contributed by atoms with E-state index < -0.39 is 168 Å². The summed E-state index contributed by atoms with van der Waals surface area (Å²) in [6.45, 7) is 26.8. The van der Waals surface area contributed by atoms with Crippen LogP contribution in [0.2, 0.25) is 0 Å². The Hall–Kier alpha value is -6.44. The number of aliphatic carboxylic acids is 1. The molecule has 13 atom stereocenters. The first-order valence-corrected chi connectivity index (χ1v) is 31.2. The molecule has 0 bridgehead atoms. The van der Waals surface area contributed by atoms with Crippen LogP contribution in [-0.4, -0.2) is 251 Å². The third-order valence-corrected chi connectivity index (χ3v) is 16.6. The van der Waals surface area contributed by atoms with Crippen LogP contribution in [0.5, 0.6) is 0 Å². The number of hydrogen-bond donors (Lipinski definition) is 7. The van der Waals surface area contributed by atoms with Crippen molar-refractivity contribution >= 4 is 70.9 Å². The van der Waals surface area contributed by atoms with Gasteiger partial charge in [0, 0.05) is 49.3 Å². The molecular formula is C62H112N12O14. The first kappa shape index (κ1) is 79.6. The van der Waals surface area contributed by atoms with E-state index in [0.717, 1.165) is 9.80 Å². The van der Waals surface area contributed by atoms with Crippen molar-refractivity contribution in [2.45, 2.75) is 222 Å². The van der Waals surface area contributed by atoms with Gasteiger partial charge in [0.05, 0.1) is 12.6 Å². The fourth-order valence-electron chi connectivity index (χ4n) is 11.0. The molecule has 1 rings (SSSR count). The van der Waals surface area contributed by atoms with Gasteiger partial charge in [0.15, 0.2) is 0 Å². The molecule has 11 amide bonds. The lowest BCUT2D eigenvalue weighted by molar-refractivity contribution is -0.157. The Bertz CT molecular complexity index is 2420. The van der Waals surface area contributed by atoms with Crippen molar-refractivity contribution in [3.8, 4) is 0 Å². The number of aliphatic hydroxyl groups excluding tert-OH is 1. The topological polar surface area (TPSA) is 328 Å². The zero-order valence-corrected chi connectivity index (χ0v) is 57.3. The predicted octanol–water partition coefficient (Wildman–Crippen LogP) is 1.37. The molecule has 1 fully saturated rings. The minimum Gasteiger partial charge on any atom is -0.480 e. The van der Waals surface area contributed by atoms with Gasteiger partial charge < -0.3 is 71.1 Å². The Labute approximate surface area is 524 Å². The minimum atomic E-state index is -1.82. The third kappa shape index (κ3) is 22.0. The van der Waals surface area contributed by atoms with Crippen molar-refractivity contribution < 1.29 is 67.7 Å². The minimum absolute atomic E-state index is 0.0582. The summed E-state index contributed by atoms with van der Waals surface area (Å²) < 4.78 is 0. The highest BCUT2D eigenvalue weighted by Gasteiger charge is 2.46. The van der Waals surface area contributed by atoms with Gasteiger partial charge in [-0.3, -0.25) is 57.5 Å². The Morgan fingerprint density at radius 2 is 0.898 bits per heavy atom. The molecule has 0 aromatic carbocycles. The molecular weight excluding hydrogens is 1140 g/mol. The van der Waals surface area contributed by atoms with Gasteiger partial charge in [-0.15, -0.1) is 0 Å². The summed E-state index contributed by atoms with van der Waals surface area (Å²) in [6.07, 6.45) is -1.58. The largest absolute Gasteiger partial charge is 0.480 e. The number of likely N-dealkylation sites (N-methyl/N-ethyl adjacent to an activating group) is 8. The molecule has 3 unspecified atom stereocenters. The molecule has 1 aliphatic heterocycles. The van der Waals surface area contributed by atoms with E-state index in [9.17, 15) is 58.2 Å². The highest BCUT2D eigenvalue weighted by atomic mass is 16.4. The second-order valence-corrected chi connectivity index (χ2v) is 26.7. The van der Waals surface area contributed by atoms with Crippen molar-refractivity contribution in [3.63, 3.8) is 0 Å². The number of nitrogens with zero attached hydrogens (tertiary/aromatic N) is 7. The molecule has 0 saturated carbocycles. The maximum Gasteiger partial charge on any atom is 0.320 e. The number of carboxylic acids is 1. The number of nitrogens with one attached hydrogen (secondary N) is 5. The third-order valence-electron chi connectivity index (χ3n) is 16.6. The lowest BCUT2D eigenvalue weighted by Gasteiger charge is -2.41. The number of amides is 11. The van der Waals surface area contributed by atoms with E-state index >= 15 is 9.59 Å². The number of carboxylic acid groups (broad SMARTS) is 1. The van der Waals surface area contributed by atoms with Gasteiger partial charge in [0.2, 0.25) is 65.0 Å². The smallest absolute Gasteiger partial charge is 0.320 e. The summed E-state index contributed by atoms with van der Waals surface area (Å²) in [5, 5.41) is 35.7. The SMILES string of the molecule is CC[C@H]1NC(=O)C([C@@H](O)[C@@H](C)CC(NC)C(=O)O)N(C)C(=O)C(C(C)C)N(C)C(=O)[C@@H](CC(C)C)N(C)C(=O)[C@@H](CC(C)C)N(C)C(=O)[C@@H](C)NC(=O)[C@@H](C)NC(=O)[C@@H](CC(C)C)N(C)C(=O)[C@@H](C(C)C)NC(=O)[C@@H](CC(C)C)N(C)C(=O)CN(C)C1=O. The van der Waals surface area contributed by atoms with Crippen LogP contribution >= 0.6 is 0 Å². The van der Waals surface area contributed by atoms with E-state index in [0.29, 0.717) is 0 Å². The summed E-state index contributed by atoms with van der Waals surface area (Å²) in [4.78, 5) is 181. The molecule has 504 valence electrons. The van der Waals surface area contributed by atoms with E-state index in [1.807, 2.05) is 55.4 Å². The van der Waals surface area contributed by atoms with Crippen LogP contribution in [0, 0.1) is 41.4 Å². The lowest BCUT2D eigenvalue weighted by atomic mass is 9.89. The monoisotopic (exact) mass is 1250 g/mol. The van der Waals surface area contributed by atoms with Crippen LogP contribution in [-0.2, 0) is 57.5 Å². The van der Waals surface area contributed by atoms with Crippen LogP contribution in [0.4, 0.5) is 0 Å². The van der Waals surface area contributed by atoms with Gasteiger partial charge in [-0.25, -0.2) is 0 Å². The average Bonchev–Trinajstić information content (AvgIpc) is 1.33. The first-order chi connectivity index (χ1) is 40.5. The fourth-order valence-corrected chi connectivity index (χ4v) is 11.0. The zero-order valence-electron chi connectivity index (χ0n) is 57.3. The highest BCUT2D eigenvalue weighted by molar-refractivity contribution is 5.99. The van der Waals surface area contributed by atoms with E-state index in [4.69, 9.17) is 0 Å². The van der Waals surface area contributed by atoms with E-state index in [2.05, 4.69) is 26.6 Å². The molecule has 26 nitrogen and oxygen atoms in total. The quantitative estimate of drug-likeness (QED) is 0.108. The second-order valence-electron chi connectivity index (χ2n) is 26.7. The molecule has 1 aliphatic rings. The van der Waals surface area contributed by atoms with E-state index in [-0.39, 0.29) is 62.2 Å². The Kier molecular flexibility index (Phi) is 32.3. The molecule has 0 aromatic heterocycles. The molecule has 0 radical (unpaired) electrons. The maximum atomic E-state index is 15.2. The van der Waals surface area contributed by atoms with Gasteiger partial charge in [-0.1, -0.05) is 96.9 Å². The molecule has 0 aliphatic carbocycles. The van der Waals surface area contributed by atoms with E-state index in [1.165, 1.54) is 102 Å². The normalized spacial score (nSPS) is 26.6. The number of hydrogen-bond acceptors (Lipinski definition) is 14. The number of carbonyl (C=O) groups is 12. The Balaban J connectivity index is 4.38. The molecule has 1 heterocycles. The molecule has 0 spiro atoms. The van der Waals surface area contributed by atoms with Crippen molar-refractivity contribution in [1.82, 2.24) is 60.9 Å². The first-order valence-electron chi connectivity index (χ1n) is 31.2. The van der Waals surface area contributed by atoms with Gasteiger partial charge in [-0.05, 0) is 101 Å². The zero-order chi connectivity index (χ0) is 68.4. The molecule has 88 heavy (non-hydrogen) atoms. The van der Waals surface area contributed by atoms with Crippen LogP contribution in [0.15, 0.2) is 0 Å². The molecule has 1 saturated heterocycles. The van der Waals surface area contributed by atoms with Crippen molar-refractivity contribution in [1.29, 1.82) is 0 Å². The number of rotatable bonds is 17. The van der Waals surface area contributed by atoms with Gasteiger partial charge in [-0.2, -0.15) is 0 Å². The molecule has 7 N–H and O–H groups in total. The number of carbonyl (C=O) groups excluding carboxylic acids is 11. The van der Waals surface area contributed by atoms with Crippen molar-refractivity contribution in [2.24, 2.45) is 41.4 Å². The van der Waals surface area contributed by atoms with Gasteiger partial charge in [0.1, 0.15) is 66.5 Å². The fraction of sp³-hybridized carbons (Fsp3) is 0.806. The maximum absolute atomic E-state index is 15.2. The van der Waals surface area contributed by atoms with Crippen molar-refractivity contribution in [3.05, 3.63) is 0 Å². The standard InChI is InChI=1S/C62H112N12O14/c1-25-41-57(82)68(18)31-47(75)69(19)43(26-32(2)3)54(79)67-48(36(10)11)60(85)70(20)44(27-33(4)5)53(78)64-39(15)52(77)65-40(16)56(81)71(21)45(28-34(6)7)58(83)72(22)46(29-35(8)9)59(84)73(23)49(37(12)13)61(86)74(24)50(55(80)66-41)51(76)38(14)30-42(63-17)62(87)88/h32-46,48-51,63,76H,25-31H2,1-24H3,(H,64,78)(H,65,77)(H,66,80)(H,67,79)(H,87,88)/t38-,39+,40+,41+,42?,43+,44+,45+,46+,48+,49?,50?,51-/m0/s1. The molecule has 26 heteroatoms. The Morgan fingerprint density at radius 3 is 1.33 bits per heavy atom. The van der Waals surface area contributed by atoms with Gasteiger partial charge in [0.25, 0.3) is 0 Å². The van der Waals surface area contributed by atoms with E-state index in [1.54, 1.807) is 34.6 Å². The average molecular weight is 1250 g/mol. The van der Waals surface area contributed by atoms with Crippen molar-refractivity contribution in [2.75, 3.05) is 62.9 Å². The van der Waals surface area contributed by atoms with Crippen LogP contribution in [0.1, 0.15) is 149 Å². The predicted molar refractivity (Wildman–Crippen MR) is 334 cm³/mol. The second kappa shape index (κ2) is 35.7. The summed E-state index contributed by atoms with van der Waals surface area (Å²) in [7, 11) is 11.0. The summed E-state index contributed by atoms with van der Waals surface area (Å²) in [6, 6.07) is -14.2. The van der Waals surface area contributed by atoms with Gasteiger partial charge >= 0.3 is 5.97 Å². The summed E-state index contributed by atoms with van der Waals surface area (Å²) in [5.74, 6) is -12.2. The Morgan fingerprint density at radius 1 is 0.489 bits per heavy atom.